The van der Waals surface area contributed by atoms with Gasteiger partial charge in [-0.15, -0.1) is 0 Å². The normalized spacial score (nSPS) is 27.9. The van der Waals surface area contributed by atoms with E-state index in [4.69, 9.17) is 19.7 Å². The lowest BCUT2D eigenvalue weighted by molar-refractivity contribution is -0.201. The third kappa shape index (κ3) is 1.81. The van der Waals surface area contributed by atoms with E-state index >= 15 is 0 Å². The second-order valence-corrected chi connectivity index (χ2v) is 4.52. The van der Waals surface area contributed by atoms with Crippen molar-refractivity contribution in [3.05, 3.63) is 11.8 Å². The van der Waals surface area contributed by atoms with Crippen LogP contribution < -0.4 is 5.73 Å². The fourth-order valence-electron chi connectivity index (χ4n) is 2.11. The first kappa shape index (κ1) is 10.1. The molecule has 0 radical (unpaired) electrons. The predicted molar refractivity (Wildman–Crippen MR) is 56.5 cm³/mol. The van der Waals surface area contributed by atoms with Crippen molar-refractivity contribution in [2.45, 2.75) is 44.0 Å². The van der Waals surface area contributed by atoms with Crippen LogP contribution in [0.5, 0.6) is 0 Å². The van der Waals surface area contributed by atoms with Crippen LogP contribution in [-0.2, 0) is 15.1 Å². The number of hydrogen-bond acceptors (Lipinski definition) is 5. The third-order valence-electron chi connectivity index (χ3n) is 3.19. The third-order valence-corrected chi connectivity index (χ3v) is 3.19. The Labute approximate surface area is 93.9 Å². The van der Waals surface area contributed by atoms with Gasteiger partial charge in [0.1, 0.15) is 11.3 Å². The number of ether oxygens (including phenoxy) is 2. The van der Waals surface area contributed by atoms with Gasteiger partial charge in [0.25, 0.3) is 0 Å². The van der Waals surface area contributed by atoms with Crippen molar-refractivity contribution < 1.29 is 14.0 Å². The first-order chi connectivity index (χ1) is 7.78. The standard InChI is InChI=1S/C11H16N2O3/c12-9-7-8(13-16-9)11(4-5-11)15-10-3-1-2-6-14-10/h7,10H,1-6,12H2. The predicted octanol–water partition coefficient (Wildman–Crippen LogP) is 1.79. The Morgan fingerprint density at radius 1 is 1.44 bits per heavy atom. The summed E-state index contributed by atoms with van der Waals surface area (Å²) in [5.41, 5.74) is 6.04. The fraction of sp³-hybridized carbons (Fsp3) is 0.727. The smallest absolute Gasteiger partial charge is 0.222 e. The maximum absolute atomic E-state index is 5.99. The molecule has 16 heavy (non-hydrogen) atoms. The van der Waals surface area contributed by atoms with Gasteiger partial charge in [-0.05, 0) is 32.1 Å². The van der Waals surface area contributed by atoms with Gasteiger partial charge in [0, 0.05) is 12.7 Å². The molecule has 1 aliphatic heterocycles. The summed E-state index contributed by atoms with van der Waals surface area (Å²) in [7, 11) is 0. The Kier molecular flexibility index (Phi) is 2.37. The maximum Gasteiger partial charge on any atom is 0.222 e. The van der Waals surface area contributed by atoms with Crippen LogP contribution in [-0.4, -0.2) is 18.1 Å². The summed E-state index contributed by atoms with van der Waals surface area (Å²) in [4.78, 5) is 0. The monoisotopic (exact) mass is 224 g/mol. The van der Waals surface area contributed by atoms with Crippen molar-refractivity contribution in [2.75, 3.05) is 12.3 Å². The summed E-state index contributed by atoms with van der Waals surface area (Å²) in [6.07, 6.45) is 5.12. The van der Waals surface area contributed by atoms with E-state index in [1.807, 2.05) is 0 Å². The average Bonchev–Trinajstić information content (AvgIpc) is 2.94. The second-order valence-electron chi connectivity index (χ2n) is 4.52. The van der Waals surface area contributed by atoms with Crippen molar-refractivity contribution in [3.8, 4) is 0 Å². The lowest BCUT2D eigenvalue weighted by atomic mass is 10.2. The lowest BCUT2D eigenvalue weighted by Crippen LogP contribution is -2.28. The van der Waals surface area contributed by atoms with E-state index in [2.05, 4.69) is 5.16 Å². The van der Waals surface area contributed by atoms with Crippen molar-refractivity contribution in [1.29, 1.82) is 0 Å². The summed E-state index contributed by atoms with van der Waals surface area (Å²) < 4.78 is 16.4. The molecule has 1 aliphatic carbocycles. The molecule has 2 heterocycles. The molecule has 0 aromatic carbocycles. The van der Waals surface area contributed by atoms with Crippen molar-refractivity contribution in [3.63, 3.8) is 0 Å². The molecule has 1 aromatic heterocycles. The SMILES string of the molecule is Nc1cc(C2(OC3CCCCO3)CC2)no1. The van der Waals surface area contributed by atoms with Crippen molar-refractivity contribution in [1.82, 2.24) is 5.16 Å². The van der Waals surface area contributed by atoms with E-state index in [9.17, 15) is 0 Å². The van der Waals surface area contributed by atoms with E-state index in [0.717, 1.165) is 38.0 Å². The molecule has 2 N–H and O–H groups in total. The first-order valence-corrected chi connectivity index (χ1v) is 5.81. The summed E-state index contributed by atoms with van der Waals surface area (Å²) in [6, 6.07) is 1.75. The molecule has 2 fully saturated rings. The highest BCUT2D eigenvalue weighted by Gasteiger charge is 2.50. The van der Waals surface area contributed by atoms with E-state index in [1.165, 1.54) is 6.42 Å². The topological polar surface area (TPSA) is 70.5 Å². The van der Waals surface area contributed by atoms with Gasteiger partial charge in [-0.3, -0.25) is 0 Å². The number of aromatic nitrogens is 1. The van der Waals surface area contributed by atoms with Crippen LogP contribution in [0.25, 0.3) is 0 Å². The Bertz CT molecular complexity index is 367. The molecular formula is C11H16N2O3. The van der Waals surface area contributed by atoms with Gasteiger partial charge in [0.2, 0.25) is 5.88 Å². The van der Waals surface area contributed by atoms with Crippen LogP contribution in [0.4, 0.5) is 5.88 Å². The molecule has 1 atom stereocenters. The number of rotatable bonds is 3. The van der Waals surface area contributed by atoms with E-state index in [-0.39, 0.29) is 11.9 Å². The largest absolute Gasteiger partial charge is 0.368 e. The second kappa shape index (κ2) is 3.75. The van der Waals surface area contributed by atoms with Crippen LogP contribution in [0.3, 0.4) is 0 Å². The Morgan fingerprint density at radius 2 is 2.31 bits per heavy atom. The molecule has 0 amide bonds. The van der Waals surface area contributed by atoms with E-state index in [0.29, 0.717) is 5.88 Å². The molecule has 0 spiro atoms. The summed E-state index contributed by atoms with van der Waals surface area (Å²) >= 11 is 0. The number of anilines is 1. The van der Waals surface area contributed by atoms with E-state index in [1.54, 1.807) is 6.07 Å². The Hall–Kier alpha value is -1.07. The number of nitrogens with zero attached hydrogens (tertiary/aromatic N) is 1. The molecule has 3 rings (SSSR count). The first-order valence-electron chi connectivity index (χ1n) is 5.81. The molecular weight excluding hydrogens is 208 g/mol. The minimum absolute atomic E-state index is 0.0887. The molecule has 1 saturated carbocycles. The van der Waals surface area contributed by atoms with Crippen molar-refractivity contribution in [2.24, 2.45) is 0 Å². The number of nitrogen functional groups attached to an aromatic ring is 1. The zero-order valence-electron chi connectivity index (χ0n) is 9.15. The summed E-state index contributed by atoms with van der Waals surface area (Å²) in [5, 5.41) is 3.93. The van der Waals surface area contributed by atoms with Gasteiger partial charge >= 0.3 is 0 Å². The fourth-order valence-corrected chi connectivity index (χ4v) is 2.11. The quantitative estimate of drug-likeness (QED) is 0.847. The Morgan fingerprint density at radius 3 is 2.88 bits per heavy atom. The minimum Gasteiger partial charge on any atom is -0.368 e. The highest BCUT2D eigenvalue weighted by molar-refractivity contribution is 5.30. The van der Waals surface area contributed by atoms with Crippen LogP contribution in [0.1, 0.15) is 37.8 Å². The molecule has 0 bridgehead atoms. The van der Waals surface area contributed by atoms with Gasteiger partial charge in [0.05, 0.1) is 0 Å². The Balaban J connectivity index is 1.69. The van der Waals surface area contributed by atoms with E-state index < -0.39 is 0 Å². The van der Waals surface area contributed by atoms with Crippen LogP contribution >= 0.6 is 0 Å². The van der Waals surface area contributed by atoms with Crippen molar-refractivity contribution >= 4 is 5.88 Å². The van der Waals surface area contributed by atoms with Gasteiger partial charge in [-0.25, -0.2) is 0 Å². The number of hydrogen-bond donors (Lipinski definition) is 1. The summed E-state index contributed by atoms with van der Waals surface area (Å²) in [6.45, 7) is 0.793. The molecule has 1 aromatic rings. The molecule has 2 aliphatic rings. The molecule has 1 unspecified atom stereocenters. The molecule has 5 nitrogen and oxygen atoms in total. The molecule has 5 heteroatoms. The van der Waals surface area contributed by atoms with Crippen LogP contribution in [0.2, 0.25) is 0 Å². The average molecular weight is 224 g/mol. The van der Waals surface area contributed by atoms with Crippen LogP contribution in [0, 0.1) is 0 Å². The summed E-state index contributed by atoms with van der Waals surface area (Å²) in [5.74, 6) is 0.342. The van der Waals surface area contributed by atoms with Gasteiger partial charge < -0.3 is 19.7 Å². The van der Waals surface area contributed by atoms with Gasteiger partial charge in [0.15, 0.2) is 6.29 Å². The maximum atomic E-state index is 5.99. The zero-order valence-corrected chi connectivity index (χ0v) is 9.15. The number of nitrogens with two attached hydrogens (primary N) is 1. The van der Waals surface area contributed by atoms with Gasteiger partial charge in [-0.1, -0.05) is 5.16 Å². The molecule has 1 saturated heterocycles. The van der Waals surface area contributed by atoms with Gasteiger partial charge in [-0.2, -0.15) is 0 Å². The highest BCUT2D eigenvalue weighted by atomic mass is 16.7. The minimum atomic E-state index is -0.289. The van der Waals surface area contributed by atoms with Crippen LogP contribution in [0.15, 0.2) is 10.6 Å². The highest BCUT2D eigenvalue weighted by Crippen LogP contribution is 2.50. The lowest BCUT2D eigenvalue weighted by Gasteiger charge is -2.26. The molecule has 88 valence electrons. The zero-order chi connectivity index (χ0) is 11.0.